The minimum absolute atomic E-state index is 0.117. The van der Waals surface area contributed by atoms with Gasteiger partial charge < -0.3 is 4.74 Å². The van der Waals surface area contributed by atoms with Crippen molar-refractivity contribution in [2.45, 2.75) is 58.0 Å². The van der Waals surface area contributed by atoms with Crippen molar-refractivity contribution in [3.63, 3.8) is 0 Å². The Kier molecular flexibility index (Phi) is 6.23. The fourth-order valence-corrected chi connectivity index (χ4v) is 3.86. The molecule has 0 saturated heterocycles. The van der Waals surface area contributed by atoms with Gasteiger partial charge in [0, 0.05) is 0 Å². The van der Waals surface area contributed by atoms with E-state index in [9.17, 15) is 13.2 Å². The van der Waals surface area contributed by atoms with Crippen LogP contribution in [0.25, 0.3) is 0 Å². The van der Waals surface area contributed by atoms with Gasteiger partial charge in [-0.25, -0.2) is 8.78 Å². The lowest BCUT2D eigenvalue weighted by Crippen LogP contribution is -2.13. The van der Waals surface area contributed by atoms with E-state index >= 15 is 0 Å². The molecule has 2 aromatic rings. The minimum Gasteiger partial charge on any atom is -0.486 e. The summed E-state index contributed by atoms with van der Waals surface area (Å²) in [6.45, 7) is 2.37. The highest BCUT2D eigenvalue weighted by molar-refractivity contribution is 5.28. The van der Waals surface area contributed by atoms with Gasteiger partial charge in [0.1, 0.15) is 6.61 Å². The summed E-state index contributed by atoms with van der Waals surface area (Å²) < 4.78 is 45.1. The topological polar surface area (TPSA) is 9.23 Å². The van der Waals surface area contributed by atoms with E-state index < -0.39 is 17.5 Å². The van der Waals surface area contributed by atoms with Gasteiger partial charge in [-0.2, -0.15) is 4.39 Å². The largest absolute Gasteiger partial charge is 0.486 e. The molecule has 0 N–H and O–H groups in total. The molecule has 0 aromatic heterocycles. The van der Waals surface area contributed by atoms with Gasteiger partial charge in [0.05, 0.1) is 0 Å². The average molecular weight is 362 g/mol. The molecular weight excluding hydrogens is 337 g/mol. The maximum Gasteiger partial charge on any atom is 0.203 e. The molecule has 2 aromatic carbocycles. The zero-order valence-electron chi connectivity index (χ0n) is 15.1. The number of ether oxygens (including phenoxy) is 1. The van der Waals surface area contributed by atoms with Gasteiger partial charge in [0.25, 0.3) is 0 Å². The second-order valence-corrected chi connectivity index (χ2v) is 7.21. The van der Waals surface area contributed by atoms with Crippen molar-refractivity contribution < 1.29 is 17.9 Å². The maximum atomic E-state index is 13.6. The van der Waals surface area contributed by atoms with Crippen molar-refractivity contribution in [3.8, 4) is 5.75 Å². The van der Waals surface area contributed by atoms with Crippen molar-refractivity contribution in [1.29, 1.82) is 0 Å². The number of rotatable bonds is 6. The van der Waals surface area contributed by atoms with Gasteiger partial charge in [-0.3, -0.25) is 0 Å². The van der Waals surface area contributed by atoms with Gasteiger partial charge in [-0.15, -0.1) is 0 Å². The Morgan fingerprint density at radius 2 is 1.58 bits per heavy atom. The summed E-state index contributed by atoms with van der Waals surface area (Å²) in [5.41, 5.74) is 2.21. The lowest BCUT2D eigenvalue weighted by Gasteiger charge is -2.28. The van der Waals surface area contributed by atoms with Crippen LogP contribution >= 0.6 is 0 Å². The molecule has 0 unspecified atom stereocenters. The third kappa shape index (κ3) is 4.40. The van der Waals surface area contributed by atoms with E-state index in [4.69, 9.17) is 4.74 Å². The van der Waals surface area contributed by atoms with Crippen LogP contribution in [0.2, 0.25) is 0 Å². The van der Waals surface area contributed by atoms with E-state index in [1.54, 1.807) is 0 Å². The third-order valence-electron chi connectivity index (χ3n) is 5.39. The predicted molar refractivity (Wildman–Crippen MR) is 96.7 cm³/mol. The van der Waals surface area contributed by atoms with Crippen molar-refractivity contribution >= 4 is 0 Å². The Hall–Kier alpha value is -1.97. The van der Waals surface area contributed by atoms with Gasteiger partial charge in [0.2, 0.25) is 5.82 Å². The van der Waals surface area contributed by atoms with Crippen LogP contribution in [0.3, 0.4) is 0 Å². The highest BCUT2D eigenvalue weighted by atomic mass is 19.2. The molecule has 4 heteroatoms. The van der Waals surface area contributed by atoms with Crippen LogP contribution in [-0.4, -0.2) is 0 Å². The molecule has 0 heterocycles. The van der Waals surface area contributed by atoms with Crippen LogP contribution in [0.4, 0.5) is 13.2 Å². The fourth-order valence-electron chi connectivity index (χ4n) is 3.86. The van der Waals surface area contributed by atoms with Crippen molar-refractivity contribution in [1.82, 2.24) is 0 Å². The summed E-state index contributed by atoms with van der Waals surface area (Å²) in [6.07, 6.45) is 7.69. The molecule has 0 spiro atoms. The summed E-state index contributed by atoms with van der Waals surface area (Å²) in [7, 11) is 0. The highest BCUT2D eigenvalue weighted by Gasteiger charge is 2.21. The summed E-state index contributed by atoms with van der Waals surface area (Å²) in [5, 5.41) is 0. The summed E-state index contributed by atoms with van der Waals surface area (Å²) in [6, 6.07) is 10.1. The van der Waals surface area contributed by atoms with Gasteiger partial charge in [0.15, 0.2) is 17.4 Å². The van der Waals surface area contributed by atoms with Gasteiger partial charge in [-0.05, 0) is 60.8 Å². The molecule has 140 valence electrons. The molecule has 26 heavy (non-hydrogen) atoms. The van der Waals surface area contributed by atoms with E-state index in [0.29, 0.717) is 5.92 Å². The monoisotopic (exact) mass is 362 g/mol. The summed E-state index contributed by atoms with van der Waals surface area (Å²) in [4.78, 5) is 0. The van der Waals surface area contributed by atoms with Crippen LogP contribution in [0.1, 0.15) is 62.5 Å². The Morgan fingerprint density at radius 3 is 2.23 bits per heavy atom. The molecule has 1 nitrogen and oxygen atoms in total. The number of hydrogen-bond acceptors (Lipinski definition) is 1. The second-order valence-electron chi connectivity index (χ2n) is 7.21. The normalized spacial score (nSPS) is 20.2. The van der Waals surface area contributed by atoms with E-state index in [1.807, 2.05) is 12.1 Å². The molecule has 0 atom stereocenters. The van der Waals surface area contributed by atoms with E-state index in [1.165, 1.54) is 44.1 Å². The fraction of sp³-hybridized carbons (Fsp3) is 0.455. The lowest BCUT2D eigenvalue weighted by atomic mass is 9.77. The van der Waals surface area contributed by atoms with Crippen LogP contribution in [-0.2, 0) is 6.61 Å². The summed E-state index contributed by atoms with van der Waals surface area (Å²) >= 11 is 0. The molecule has 1 saturated carbocycles. The number of halogens is 3. The quantitative estimate of drug-likeness (QED) is 0.516. The third-order valence-corrected chi connectivity index (χ3v) is 5.39. The molecule has 0 radical (unpaired) electrons. The zero-order valence-corrected chi connectivity index (χ0v) is 15.1. The predicted octanol–water partition coefficient (Wildman–Crippen LogP) is 6.76. The van der Waals surface area contributed by atoms with Gasteiger partial charge in [-0.1, -0.05) is 44.0 Å². The Bertz CT molecular complexity index is 719. The standard InChI is InChI=1S/C22H25F3O/c1-2-3-15-4-8-17(9-5-15)18-10-6-16(7-11-18)14-26-20-13-12-19(23)21(24)22(20)25/h6-7,10-13,15,17H,2-5,8-9,14H2,1H3/t15-,17-. The molecule has 0 bridgehead atoms. The SMILES string of the molecule is CCC[C@H]1CC[C@H](c2ccc(COc3ccc(F)c(F)c3F)cc2)CC1. The first-order chi connectivity index (χ1) is 12.6. The minimum atomic E-state index is -1.50. The first-order valence-electron chi connectivity index (χ1n) is 9.43. The highest BCUT2D eigenvalue weighted by Crippen LogP contribution is 2.37. The Morgan fingerprint density at radius 1 is 0.885 bits per heavy atom. The first kappa shape index (κ1) is 18.8. The zero-order chi connectivity index (χ0) is 18.5. The molecule has 0 amide bonds. The average Bonchev–Trinajstić information content (AvgIpc) is 2.67. The number of benzene rings is 2. The van der Waals surface area contributed by atoms with Crippen LogP contribution in [0.5, 0.6) is 5.75 Å². The van der Waals surface area contributed by atoms with E-state index in [2.05, 4.69) is 19.1 Å². The van der Waals surface area contributed by atoms with Crippen LogP contribution in [0, 0.1) is 23.4 Å². The Balaban J connectivity index is 1.56. The van der Waals surface area contributed by atoms with Crippen LogP contribution in [0.15, 0.2) is 36.4 Å². The van der Waals surface area contributed by atoms with E-state index in [0.717, 1.165) is 23.6 Å². The van der Waals surface area contributed by atoms with Gasteiger partial charge >= 0.3 is 0 Å². The van der Waals surface area contributed by atoms with E-state index in [-0.39, 0.29) is 12.4 Å². The first-order valence-corrected chi connectivity index (χ1v) is 9.43. The molecule has 3 rings (SSSR count). The molecule has 1 fully saturated rings. The lowest BCUT2D eigenvalue weighted by molar-refractivity contribution is 0.281. The number of hydrogen-bond donors (Lipinski definition) is 0. The maximum absolute atomic E-state index is 13.6. The molecule has 1 aliphatic carbocycles. The van der Waals surface area contributed by atoms with Crippen molar-refractivity contribution in [2.75, 3.05) is 0 Å². The van der Waals surface area contributed by atoms with Crippen molar-refractivity contribution in [3.05, 3.63) is 65.0 Å². The van der Waals surface area contributed by atoms with Crippen molar-refractivity contribution in [2.24, 2.45) is 5.92 Å². The summed E-state index contributed by atoms with van der Waals surface area (Å²) in [5.74, 6) is -2.78. The second kappa shape index (κ2) is 8.61. The molecular formula is C22H25F3O. The molecule has 1 aliphatic rings. The smallest absolute Gasteiger partial charge is 0.203 e. The molecule has 0 aliphatic heterocycles. The Labute approximate surface area is 153 Å². The van der Waals surface area contributed by atoms with Crippen LogP contribution < -0.4 is 4.74 Å².